The number of aryl methyl sites for hydroxylation is 1. The third-order valence-electron chi connectivity index (χ3n) is 4.95. The number of amides is 1. The van der Waals surface area contributed by atoms with Crippen molar-refractivity contribution in [2.24, 2.45) is 0 Å². The van der Waals surface area contributed by atoms with Crippen LogP contribution in [-0.4, -0.2) is 23.9 Å². The van der Waals surface area contributed by atoms with Gasteiger partial charge in [-0.1, -0.05) is 36.4 Å². The van der Waals surface area contributed by atoms with Gasteiger partial charge in [0.1, 0.15) is 0 Å². The van der Waals surface area contributed by atoms with Crippen LogP contribution in [-0.2, 0) is 11.2 Å². The highest BCUT2D eigenvalue weighted by atomic mass is 16.2. The first kappa shape index (κ1) is 15.8. The van der Waals surface area contributed by atoms with Crippen molar-refractivity contribution < 1.29 is 4.79 Å². The lowest BCUT2D eigenvalue weighted by Crippen LogP contribution is -2.39. The topological polar surface area (TPSA) is 32.3 Å². The third-order valence-corrected chi connectivity index (χ3v) is 4.95. The predicted octanol–water partition coefficient (Wildman–Crippen LogP) is 3.86. The molecule has 3 rings (SSSR count). The summed E-state index contributed by atoms with van der Waals surface area (Å²) in [5.74, 6) is 0.0601. The van der Waals surface area contributed by atoms with Gasteiger partial charge in [-0.3, -0.25) is 9.69 Å². The SMILES string of the molecule is Cc1cccc(NC(=O)CN2CCc3ccccc3C2C)c1C. The number of carbonyl (C=O) groups excluding carboxylic acids is 1. The van der Waals surface area contributed by atoms with E-state index in [-0.39, 0.29) is 11.9 Å². The van der Waals surface area contributed by atoms with Gasteiger partial charge in [-0.15, -0.1) is 0 Å². The lowest BCUT2D eigenvalue weighted by atomic mass is 9.94. The number of rotatable bonds is 3. The summed E-state index contributed by atoms with van der Waals surface area (Å²) >= 11 is 0. The molecule has 0 saturated heterocycles. The Labute approximate surface area is 138 Å². The van der Waals surface area contributed by atoms with Gasteiger partial charge in [-0.05, 0) is 55.5 Å². The second-order valence-corrected chi connectivity index (χ2v) is 6.39. The van der Waals surface area contributed by atoms with E-state index in [4.69, 9.17) is 0 Å². The molecule has 1 atom stereocenters. The highest BCUT2D eigenvalue weighted by molar-refractivity contribution is 5.93. The van der Waals surface area contributed by atoms with Crippen molar-refractivity contribution in [2.75, 3.05) is 18.4 Å². The summed E-state index contributed by atoms with van der Waals surface area (Å²) in [5.41, 5.74) is 6.01. The summed E-state index contributed by atoms with van der Waals surface area (Å²) in [5, 5.41) is 3.06. The molecule has 3 nitrogen and oxygen atoms in total. The van der Waals surface area contributed by atoms with E-state index >= 15 is 0 Å². The molecule has 0 aliphatic carbocycles. The first-order chi connectivity index (χ1) is 11.1. The highest BCUT2D eigenvalue weighted by Gasteiger charge is 2.25. The fourth-order valence-corrected chi connectivity index (χ4v) is 3.30. The van der Waals surface area contributed by atoms with E-state index in [1.165, 1.54) is 16.7 Å². The van der Waals surface area contributed by atoms with Gasteiger partial charge in [-0.2, -0.15) is 0 Å². The van der Waals surface area contributed by atoms with Crippen molar-refractivity contribution in [3.8, 4) is 0 Å². The van der Waals surface area contributed by atoms with Crippen LogP contribution in [0.4, 0.5) is 5.69 Å². The van der Waals surface area contributed by atoms with E-state index in [2.05, 4.69) is 54.4 Å². The zero-order valence-corrected chi connectivity index (χ0v) is 14.1. The molecule has 0 saturated carbocycles. The monoisotopic (exact) mass is 308 g/mol. The van der Waals surface area contributed by atoms with E-state index in [0.717, 1.165) is 24.2 Å². The maximum Gasteiger partial charge on any atom is 0.238 e. The van der Waals surface area contributed by atoms with Crippen LogP contribution in [0.5, 0.6) is 0 Å². The maximum absolute atomic E-state index is 12.4. The number of carbonyl (C=O) groups is 1. The maximum atomic E-state index is 12.4. The van der Waals surface area contributed by atoms with E-state index in [9.17, 15) is 4.79 Å². The summed E-state index contributed by atoms with van der Waals surface area (Å²) in [7, 11) is 0. The van der Waals surface area contributed by atoms with Crippen LogP contribution in [0.1, 0.15) is 35.2 Å². The minimum atomic E-state index is 0.0601. The first-order valence-corrected chi connectivity index (χ1v) is 8.24. The van der Waals surface area contributed by atoms with E-state index in [0.29, 0.717) is 6.54 Å². The van der Waals surface area contributed by atoms with Crippen LogP contribution in [0.2, 0.25) is 0 Å². The molecule has 1 N–H and O–H groups in total. The first-order valence-electron chi connectivity index (χ1n) is 8.24. The molecule has 0 spiro atoms. The molecule has 1 aliphatic rings. The number of fused-ring (bicyclic) bond motifs is 1. The second kappa shape index (κ2) is 6.55. The van der Waals surface area contributed by atoms with Gasteiger partial charge in [-0.25, -0.2) is 0 Å². The van der Waals surface area contributed by atoms with E-state index < -0.39 is 0 Å². The van der Waals surface area contributed by atoms with Gasteiger partial charge in [0, 0.05) is 18.3 Å². The van der Waals surface area contributed by atoms with Gasteiger partial charge in [0.15, 0.2) is 0 Å². The molecule has 23 heavy (non-hydrogen) atoms. The molecular weight excluding hydrogens is 284 g/mol. The molecule has 0 aromatic heterocycles. The van der Waals surface area contributed by atoms with Crippen LogP contribution < -0.4 is 5.32 Å². The fourth-order valence-electron chi connectivity index (χ4n) is 3.30. The molecule has 2 aromatic carbocycles. The largest absolute Gasteiger partial charge is 0.325 e. The Morgan fingerprint density at radius 1 is 1.17 bits per heavy atom. The minimum absolute atomic E-state index is 0.0601. The van der Waals surface area contributed by atoms with Crippen molar-refractivity contribution in [3.05, 3.63) is 64.7 Å². The Bertz CT molecular complexity index is 723. The van der Waals surface area contributed by atoms with Gasteiger partial charge in [0.05, 0.1) is 6.54 Å². The van der Waals surface area contributed by atoms with Crippen molar-refractivity contribution in [1.82, 2.24) is 4.90 Å². The number of hydrogen-bond acceptors (Lipinski definition) is 2. The van der Waals surface area contributed by atoms with Gasteiger partial charge in [0.25, 0.3) is 0 Å². The summed E-state index contributed by atoms with van der Waals surface area (Å²) < 4.78 is 0. The molecule has 1 amide bonds. The number of benzene rings is 2. The summed E-state index contributed by atoms with van der Waals surface area (Å²) in [6.07, 6.45) is 1.01. The quantitative estimate of drug-likeness (QED) is 0.934. The Balaban J connectivity index is 1.68. The second-order valence-electron chi connectivity index (χ2n) is 6.39. The van der Waals surface area contributed by atoms with Crippen molar-refractivity contribution >= 4 is 11.6 Å². The zero-order chi connectivity index (χ0) is 16.4. The Morgan fingerprint density at radius 2 is 1.96 bits per heavy atom. The number of hydrogen-bond donors (Lipinski definition) is 1. The average molecular weight is 308 g/mol. The summed E-state index contributed by atoms with van der Waals surface area (Å²) in [4.78, 5) is 14.7. The number of nitrogens with zero attached hydrogens (tertiary/aromatic N) is 1. The lowest BCUT2D eigenvalue weighted by Gasteiger charge is -2.34. The molecule has 120 valence electrons. The van der Waals surface area contributed by atoms with Gasteiger partial charge < -0.3 is 5.32 Å². The van der Waals surface area contributed by atoms with Crippen molar-refractivity contribution in [1.29, 1.82) is 0 Å². The van der Waals surface area contributed by atoms with Crippen LogP contribution >= 0.6 is 0 Å². The summed E-state index contributed by atoms with van der Waals surface area (Å²) in [6, 6.07) is 14.8. The normalized spacial score (nSPS) is 17.6. The molecule has 0 fully saturated rings. The fraction of sp³-hybridized carbons (Fsp3) is 0.350. The third kappa shape index (κ3) is 3.30. The molecule has 0 radical (unpaired) electrons. The van der Waals surface area contributed by atoms with Crippen LogP contribution in [0.3, 0.4) is 0 Å². The summed E-state index contributed by atoms with van der Waals surface area (Å²) in [6.45, 7) is 7.66. The molecule has 1 heterocycles. The highest BCUT2D eigenvalue weighted by Crippen LogP contribution is 2.28. The van der Waals surface area contributed by atoms with Crippen LogP contribution in [0, 0.1) is 13.8 Å². The number of nitrogens with one attached hydrogen (secondary N) is 1. The van der Waals surface area contributed by atoms with E-state index in [1.807, 2.05) is 19.1 Å². The Hall–Kier alpha value is -2.13. The van der Waals surface area contributed by atoms with Crippen molar-refractivity contribution in [2.45, 2.75) is 33.2 Å². The Morgan fingerprint density at radius 3 is 2.78 bits per heavy atom. The zero-order valence-electron chi connectivity index (χ0n) is 14.1. The molecule has 2 aromatic rings. The smallest absolute Gasteiger partial charge is 0.238 e. The standard InChI is InChI=1S/C20H24N2O/c1-14-7-6-10-19(15(14)2)21-20(23)13-22-12-11-17-8-4-5-9-18(17)16(22)3/h4-10,16H,11-13H2,1-3H3,(H,21,23). The van der Waals surface area contributed by atoms with Crippen LogP contribution in [0.15, 0.2) is 42.5 Å². The molecule has 1 aliphatic heterocycles. The average Bonchev–Trinajstić information content (AvgIpc) is 2.55. The van der Waals surface area contributed by atoms with Crippen molar-refractivity contribution in [3.63, 3.8) is 0 Å². The Kier molecular flexibility index (Phi) is 4.49. The molecular formula is C20H24N2O. The van der Waals surface area contributed by atoms with Crippen LogP contribution in [0.25, 0.3) is 0 Å². The van der Waals surface area contributed by atoms with Gasteiger partial charge in [0.2, 0.25) is 5.91 Å². The molecule has 1 unspecified atom stereocenters. The van der Waals surface area contributed by atoms with Gasteiger partial charge >= 0.3 is 0 Å². The molecule has 0 bridgehead atoms. The predicted molar refractivity (Wildman–Crippen MR) is 94.7 cm³/mol. The molecule has 3 heteroatoms. The lowest BCUT2D eigenvalue weighted by molar-refractivity contribution is -0.117. The number of anilines is 1. The van der Waals surface area contributed by atoms with E-state index in [1.54, 1.807) is 0 Å². The minimum Gasteiger partial charge on any atom is -0.325 e.